The van der Waals surface area contributed by atoms with Gasteiger partial charge in [-0.3, -0.25) is 4.79 Å². The number of carbonyl (C=O) groups excluding carboxylic acids is 1. The van der Waals surface area contributed by atoms with Crippen molar-refractivity contribution in [2.45, 2.75) is 0 Å². The average Bonchev–Trinajstić information content (AvgIpc) is 2.86. The first kappa shape index (κ1) is 13.9. The van der Waals surface area contributed by atoms with E-state index in [0.717, 1.165) is 9.45 Å². The minimum atomic E-state index is -0.0285. The second-order valence-corrected chi connectivity index (χ2v) is 5.52. The summed E-state index contributed by atoms with van der Waals surface area (Å²) < 4.78 is 6.65. The molecule has 0 N–H and O–H groups in total. The minimum Gasteiger partial charge on any atom is -0.441 e. The Balaban J connectivity index is 2.09. The van der Waals surface area contributed by atoms with Crippen molar-refractivity contribution in [3.05, 3.63) is 57.4 Å². The highest BCUT2D eigenvalue weighted by atomic mass is 127. The smallest absolute Gasteiger partial charge is 0.195 e. The van der Waals surface area contributed by atoms with Gasteiger partial charge in [0, 0.05) is 29.3 Å². The summed E-state index contributed by atoms with van der Waals surface area (Å²) in [6.45, 7) is 0. The monoisotopic (exact) mass is 367 g/mol. The van der Waals surface area contributed by atoms with Crippen molar-refractivity contribution >= 4 is 40.3 Å². The SMILES string of the molecule is CN(C)c1ccc(/C=C/C(=O)c2ccc(I)cc2)o1. The largest absolute Gasteiger partial charge is 0.441 e. The zero-order valence-corrected chi connectivity index (χ0v) is 12.9. The van der Waals surface area contributed by atoms with Gasteiger partial charge in [0.1, 0.15) is 5.76 Å². The van der Waals surface area contributed by atoms with E-state index in [1.54, 1.807) is 6.08 Å². The molecule has 0 saturated carbocycles. The van der Waals surface area contributed by atoms with Gasteiger partial charge in [0.2, 0.25) is 0 Å². The fraction of sp³-hybridized carbons (Fsp3) is 0.133. The van der Waals surface area contributed by atoms with E-state index in [1.807, 2.05) is 55.4 Å². The summed E-state index contributed by atoms with van der Waals surface area (Å²) in [5, 5.41) is 0. The van der Waals surface area contributed by atoms with E-state index in [9.17, 15) is 4.79 Å². The molecule has 1 aromatic heterocycles. The molecular weight excluding hydrogens is 353 g/mol. The number of allylic oxidation sites excluding steroid dienone is 1. The van der Waals surface area contributed by atoms with E-state index in [1.165, 1.54) is 6.08 Å². The normalized spacial score (nSPS) is 10.9. The van der Waals surface area contributed by atoms with E-state index in [0.29, 0.717) is 11.3 Å². The molecule has 2 aromatic rings. The standard InChI is InChI=1S/C15H14INO2/c1-17(2)15-10-8-13(19-15)7-9-14(18)11-3-5-12(16)6-4-11/h3-10H,1-2H3/b9-7+. The van der Waals surface area contributed by atoms with Crippen molar-refractivity contribution in [1.82, 2.24) is 0 Å². The minimum absolute atomic E-state index is 0.0285. The van der Waals surface area contributed by atoms with Crippen LogP contribution in [0, 0.1) is 3.57 Å². The Morgan fingerprint density at radius 2 is 1.84 bits per heavy atom. The lowest BCUT2D eigenvalue weighted by atomic mass is 10.1. The van der Waals surface area contributed by atoms with Crippen LogP contribution < -0.4 is 4.90 Å². The topological polar surface area (TPSA) is 33.5 Å². The molecular formula is C15H14INO2. The Hall–Kier alpha value is -1.56. The number of anilines is 1. The van der Waals surface area contributed by atoms with Crippen LogP contribution in [0.4, 0.5) is 5.88 Å². The number of halogens is 1. The fourth-order valence-corrected chi connectivity index (χ4v) is 1.90. The van der Waals surface area contributed by atoms with Gasteiger partial charge in [-0.05, 0) is 52.9 Å². The highest BCUT2D eigenvalue weighted by molar-refractivity contribution is 14.1. The molecule has 1 heterocycles. The fourth-order valence-electron chi connectivity index (χ4n) is 1.54. The summed E-state index contributed by atoms with van der Waals surface area (Å²) >= 11 is 2.21. The van der Waals surface area contributed by atoms with Crippen LogP contribution in [0.5, 0.6) is 0 Å². The summed E-state index contributed by atoms with van der Waals surface area (Å²) in [5.41, 5.74) is 0.677. The zero-order chi connectivity index (χ0) is 13.8. The Bertz CT molecular complexity index is 597. The maximum absolute atomic E-state index is 11.9. The lowest BCUT2D eigenvalue weighted by Gasteiger charge is -2.05. The Morgan fingerprint density at radius 1 is 1.16 bits per heavy atom. The first-order chi connectivity index (χ1) is 9.06. The molecule has 0 unspecified atom stereocenters. The highest BCUT2D eigenvalue weighted by Crippen LogP contribution is 2.17. The molecule has 0 bridgehead atoms. The van der Waals surface area contributed by atoms with Crippen LogP contribution in [0.2, 0.25) is 0 Å². The molecule has 0 aliphatic carbocycles. The van der Waals surface area contributed by atoms with Gasteiger partial charge < -0.3 is 9.32 Å². The third-order valence-corrected chi connectivity index (χ3v) is 3.30. The maximum atomic E-state index is 11.9. The number of furan rings is 1. The third-order valence-electron chi connectivity index (χ3n) is 2.58. The number of nitrogens with zero attached hydrogens (tertiary/aromatic N) is 1. The number of hydrogen-bond donors (Lipinski definition) is 0. The molecule has 2 rings (SSSR count). The van der Waals surface area contributed by atoms with Gasteiger partial charge in [0.05, 0.1) is 0 Å². The Morgan fingerprint density at radius 3 is 2.42 bits per heavy atom. The van der Waals surface area contributed by atoms with Crippen LogP contribution in [-0.2, 0) is 0 Å². The van der Waals surface area contributed by atoms with Gasteiger partial charge in [0.15, 0.2) is 11.7 Å². The molecule has 1 aromatic carbocycles. The second-order valence-electron chi connectivity index (χ2n) is 4.27. The summed E-state index contributed by atoms with van der Waals surface area (Å²) in [5.74, 6) is 1.41. The first-order valence-electron chi connectivity index (χ1n) is 5.81. The van der Waals surface area contributed by atoms with Crippen LogP contribution in [-0.4, -0.2) is 19.9 Å². The summed E-state index contributed by atoms with van der Waals surface area (Å²) in [6.07, 6.45) is 3.22. The molecule has 0 radical (unpaired) electrons. The first-order valence-corrected chi connectivity index (χ1v) is 6.89. The molecule has 0 aliphatic heterocycles. The van der Waals surface area contributed by atoms with Crippen molar-refractivity contribution in [3.8, 4) is 0 Å². The van der Waals surface area contributed by atoms with Crippen LogP contribution in [0.3, 0.4) is 0 Å². The van der Waals surface area contributed by atoms with Crippen LogP contribution >= 0.6 is 22.6 Å². The molecule has 0 spiro atoms. The molecule has 3 nitrogen and oxygen atoms in total. The lowest BCUT2D eigenvalue weighted by Crippen LogP contribution is -2.06. The Labute approximate surface area is 126 Å². The summed E-state index contributed by atoms with van der Waals surface area (Å²) in [7, 11) is 3.81. The van der Waals surface area contributed by atoms with Gasteiger partial charge in [0.25, 0.3) is 0 Å². The van der Waals surface area contributed by atoms with Gasteiger partial charge in [-0.1, -0.05) is 12.1 Å². The predicted octanol–water partition coefficient (Wildman–Crippen LogP) is 3.85. The number of hydrogen-bond acceptors (Lipinski definition) is 3. The van der Waals surface area contributed by atoms with E-state index in [2.05, 4.69) is 22.6 Å². The highest BCUT2D eigenvalue weighted by Gasteiger charge is 2.03. The predicted molar refractivity (Wildman–Crippen MR) is 85.6 cm³/mol. The number of ketones is 1. The molecule has 0 fully saturated rings. The molecule has 0 atom stereocenters. The quantitative estimate of drug-likeness (QED) is 0.468. The zero-order valence-electron chi connectivity index (χ0n) is 10.8. The number of benzene rings is 1. The van der Waals surface area contributed by atoms with E-state index in [4.69, 9.17) is 4.42 Å². The van der Waals surface area contributed by atoms with Gasteiger partial charge in [-0.25, -0.2) is 0 Å². The van der Waals surface area contributed by atoms with E-state index < -0.39 is 0 Å². The van der Waals surface area contributed by atoms with Gasteiger partial charge in [-0.15, -0.1) is 0 Å². The average molecular weight is 367 g/mol. The molecule has 0 aliphatic rings. The third kappa shape index (κ3) is 3.70. The van der Waals surface area contributed by atoms with E-state index >= 15 is 0 Å². The lowest BCUT2D eigenvalue weighted by molar-refractivity contribution is 0.104. The van der Waals surface area contributed by atoms with Crippen molar-refractivity contribution < 1.29 is 9.21 Å². The summed E-state index contributed by atoms with van der Waals surface area (Å²) in [4.78, 5) is 13.8. The molecule has 0 saturated heterocycles. The molecule has 19 heavy (non-hydrogen) atoms. The maximum Gasteiger partial charge on any atom is 0.195 e. The number of carbonyl (C=O) groups is 1. The second kappa shape index (κ2) is 6.06. The van der Waals surface area contributed by atoms with E-state index in [-0.39, 0.29) is 5.78 Å². The van der Waals surface area contributed by atoms with Crippen molar-refractivity contribution in [3.63, 3.8) is 0 Å². The molecule has 98 valence electrons. The molecule has 4 heteroatoms. The molecule has 0 amide bonds. The van der Waals surface area contributed by atoms with Crippen LogP contribution in [0.15, 0.2) is 46.9 Å². The Kier molecular flexibility index (Phi) is 4.42. The van der Waals surface area contributed by atoms with Gasteiger partial charge >= 0.3 is 0 Å². The van der Waals surface area contributed by atoms with Crippen LogP contribution in [0.25, 0.3) is 6.08 Å². The van der Waals surface area contributed by atoms with Crippen molar-refractivity contribution in [2.75, 3.05) is 19.0 Å². The number of rotatable bonds is 4. The van der Waals surface area contributed by atoms with Crippen LogP contribution in [0.1, 0.15) is 16.1 Å². The summed E-state index contributed by atoms with van der Waals surface area (Å²) in [6, 6.07) is 11.2. The van der Waals surface area contributed by atoms with Crippen molar-refractivity contribution in [1.29, 1.82) is 0 Å². The van der Waals surface area contributed by atoms with Gasteiger partial charge in [-0.2, -0.15) is 0 Å². The van der Waals surface area contributed by atoms with Crippen molar-refractivity contribution in [2.24, 2.45) is 0 Å².